The number of aryl methyl sites for hydroxylation is 1. The number of carbonyl (C=O) groups is 1. The fraction of sp³-hybridized carbons (Fsp3) is 0.267. The Labute approximate surface area is 205 Å². The number of hydrogen-bond donors (Lipinski definition) is 0. The van der Waals surface area contributed by atoms with Crippen molar-refractivity contribution in [3.05, 3.63) is 111 Å². The summed E-state index contributed by atoms with van der Waals surface area (Å²) in [6.07, 6.45) is 0.949. The van der Waals surface area contributed by atoms with Crippen LogP contribution in [0.4, 0.5) is 0 Å². The third-order valence-electron chi connectivity index (χ3n) is 6.48. The molecule has 1 aliphatic rings. The molecule has 5 nitrogen and oxygen atoms in total. The Bertz CT molecular complexity index is 1440. The van der Waals surface area contributed by atoms with Gasteiger partial charge in [0.2, 0.25) is 5.76 Å². The molecule has 0 radical (unpaired) electrons. The minimum absolute atomic E-state index is 0.122. The minimum Gasteiger partial charge on any atom is -0.494 e. The molecule has 0 bridgehead atoms. The van der Waals surface area contributed by atoms with Crippen molar-refractivity contribution in [3.63, 3.8) is 0 Å². The molecule has 0 N–H and O–H groups in total. The van der Waals surface area contributed by atoms with E-state index in [0.29, 0.717) is 35.6 Å². The van der Waals surface area contributed by atoms with Gasteiger partial charge < -0.3 is 14.1 Å². The van der Waals surface area contributed by atoms with Gasteiger partial charge in [-0.1, -0.05) is 67.9 Å². The van der Waals surface area contributed by atoms with E-state index < -0.39 is 6.04 Å². The molecule has 1 aliphatic heterocycles. The molecule has 4 aromatic rings. The number of benzene rings is 3. The van der Waals surface area contributed by atoms with Crippen molar-refractivity contribution in [2.45, 2.75) is 39.8 Å². The van der Waals surface area contributed by atoms with Crippen LogP contribution in [-0.4, -0.2) is 17.4 Å². The largest absolute Gasteiger partial charge is 0.494 e. The number of para-hydroxylation sites is 1. The third-order valence-corrected chi connectivity index (χ3v) is 6.48. The summed E-state index contributed by atoms with van der Waals surface area (Å²) < 4.78 is 12.0. The fourth-order valence-electron chi connectivity index (χ4n) is 4.55. The van der Waals surface area contributed by atoms with Crippen molar-refractivity contribution in [2.75, 3.05) is 6.61 Å². The standard InChI is InChI=1S/C30H29NO4/c1-19(2)15-16-34-23-8-6-7-22(17-23)27-26-28(32)24-9-4-5-10-25(24)35-29(26)30(33)31(27)18-21-13-11-20(3)12-14-21/h4-14,17,19,27H,15-16,18H2,1-3H3. The molecule has 1 atom stereocenters. The molecule has 5 rings (SSSR count). The van der Waals surface area contributed by atoms with Gasteiger partial charge in [0.05, 0.1) is 23.6 Å². The van der Waals surface area contributed by atoms with Gasteiger partial charge in [-0.15, -0.1) is 0 Å². The Hall–Kier alpha value is -3.86. The molecule has 1 amide bonds. The van der Waals surface area contributed by atoms with Crippen molar-refractivity contribution < 1.29 is 13.9 Å². The van der Waals surface area contributed by atoms with Crippen LogP contribution < -0.4 is 10.2 Å². The topological polar surface area (TPSA) is 59.8 Å². The van der Waals surface area contributed by atoms with E-state index in [0.717, 1.165) is 28.9 Å². The lowest BCUT2D eigenvalue weighted by atomic mass is 9.98. The van der Waals surface area contributed by atoms with E-state index in [2.05, 4.69) is 13.8 Å². The molecular formula is C30H29NO4. The molecule has 1 aromatic heterocycles. The molecule has 0 saturated carbocycles. The molecule has 3 aromatic carbocycles. The van der Waals surface area contributed by atoms with Crippen LogP contribution >= 0.6 is 0 Å². The zero-order chi connectivity index (χ0) is 24.5. The van der Waals surface area contributed by atoms with E-state index in [1.807, 2.05) is 61.5 Å². The van der Waals surface area contributed by atoms with Gasteiger partial charge in [-0.25, -0.2) is 0 Å². The maximum absolute atomic E-state index is 13.7. The highest BCUT2D eigenvalue weighted by Crippen LogP contribution is 2.40. The van der Waals surface area contributed by atoms with Gasteiger partial charge in [-0.2, -0.15) is 0 Å². The Morgan fingerprint density at radius 2 is 1.74 bits per heavy atom. The average molecular weight is 468 g/mol. The van der Waals surface area contributed by atoms with E-state index in [-0.39, 0.29) is 17.1 Å². The van der Waals surface area contributed by atoms with Crippen LogP contribution in [0.15, 0.2) is 82.0 Å². The Morgan fingerprint density at radius 1 is 0.971 bits per heavy atom. The van der Waals surface area contributed by atoms with E-state index in [1.54, 1.807) is 23.1 Å². The zero-order valence-corrected chi connectivity index (χ0v) is 20.3. The molecule has 35 heavy (non-hydrogen) atoms. The van der Waals surface area contributed by atoms with Crippen LogP contribution in [0.5, 0.6) is 5.75 Å². The lowest BCUT2D eigenvalue weighted by Crippen LogP contribution is -2.29. The highest BCUT2D eigenvalue weighted by atomic mass is 16.5. The smallest absolute Gasteiger partial charge is 0.291 e. The van der Waals surface area contributed by atoms with Crippen LogP contribution in [0.2, 0.25) is 0 Å². The van der Waals surface area contributed by atoms with Crippen molar-refractivity contribution in [3.8, 4) is 5.75 Å². The van der Waals surface area contributed by atoms with E-state index in [9.17, 15) is 9.59 Å². The van der Waals surface area contributed by atoms with Gasteiger partial charge >= 0.3 is 0 Å². The second kappa shape index (κ2) is 9.41. The monoisotopic (exact) mass is 467 g/mol. The Morgan fingerprint density at radius 3 is 2.51 bits per heavy atom. The zero-order valence-electron chi connectivity index (χ0n) is 20.3. The summed E-state index contributed by atoms with van der Waals surface area (Å²) in [5.41, 5.74) is 3.61. The predicted octanol–water partition coefficient (Wildman–Crippen LogP) is 6.27. The summed E-state index contributed by atoms with van der Waals surface area (Å²) in [6, 6.07) is 22.3. The maximum atomic E-state index is 13.7. The van der Waals surface area contributed by atoms with Gasteiger partial charge in [-0.3, -0.25) is 9.59 Å². The Balaban J connectivity index is 1.61. The molecule has 1 unspecified atom stereocenters. The summed E-state index contributed by atoms with van der Waals surface area (Å²) in [6.45, 7) is 7.33. The first-order chi connectivity index (χ1) is 16.9. The number of hydrogen-bond acceptors (Lipinski definition) is 4. The number of amides is 1. The first-order valence-corrected chi connectivity index (χ1v) is 12.1. The van der Waals surface area contributed by atoms with Crippen LogP contribution in [-0.2, 0) is 6.54 Å². The van der Waals surface area contributed by atoms with Gasteiger partial charge in [0.25, 0.3) is 5.91 Å². The van der Waals surface area contributed by atoms with Gasteiger partial charge in [0.15, 0.2) is 5.43 Å². The normalized spacial score (nSPS) is 15.1. The number of nitrogens with zero attached hydrogens (tertiary/aromatic N) is 1. The van der Waals surface area contributed by atoms with Crippen molar-refractivity contribution >= 4 is 16.9 Å². The lowest BCUT2D eigenvalue weighted by Gasteiger charge is -2.25. The van der Waals surface area contributed by atoms with Gasteiger partial charge in [0.1, 0.15) is 11.3 Å². The molecule has 178 valence electrons. The predicted molar refractivity (Wildman–Crippen MR) is 137 cm³/mol. The lowest BCUT2D eigenvalue weighted by molar-refractivity contribution is 0.0714. The highest BCUT2D eigenvalue weighted by molar-refractivity contribution is 5.99. The average Bonchev–Trinajstić information content (AvgIpc) is 3.12. The highest BCUT2D eigenvalue weighted by Gasteiger charge is 2.42. The number of ether oxygens (including phenoxy) is 1. The van der Waals surface area contributed by atoms with E-state index in [4.69, 9.17) is 9.15 Å². The fourth-order valence-corrected chi connectivity index (χ4v) is 4.55. The second-order valence-electron chi connectivity index (χ2n) is 9.59. The quantitative estimate of drug-likeness (QED) is 0.321. The SMILES string of the molecule is Cc1ccc(CN2C(=O)c3oc4ccccc4c(=O)c3C2c2cccc(OCCC(C)C)c2)cc1. The van der Waals surface area contributed by atoms with Crippen molar-refractivity contribution in [1.29, 1.82) is 0 Å². The molecule has 0 saturated heterocycles. The molecular weight excluding hydrogens is 438 g/mol. The molecule has 0 spiro atoms. The van der Waals surface area contributed by atoms with E-state index >= 15 is 0 Å². The number of fused-ring (bicyclic) bond motifs is 2. The van der Waals surface area contributed by atoms with Crippen LogP contribution in [0.1, 0.15) is 59.1 Å². The van der Waals surface area contributed by atoms with Crippen LogP contribution in [0, 0.1) is 12.8 Å². The number of rotatable bonds is 7. The molecule has 0 aliphatic carbocycles. The molecule has 2 heterocycles. The van der Waals surface area contributed by atoms with Gasteiger partial charge in [-0.05, 0) is 54.7 Å². The van der Waals surface area contributed by atoms with Crippen LogP contribution in [0.3, 0.4) is 0 Å². The van der Waals surface area contributed by atoms with E-state index in [1.165, 1.54) is 0 Å². The minimum atomic E-state index is -0.562. The number of carbonyl (C=O) groups excluding carboxylic acids is 1. The first-order valence-electron chi connectivity index (χ1n) is 12.1. The molecule has 5 heteroatoms. The molecule has 0 fully saturated rings. The van der Waals surface area contributed by atoms with Crippen molar-refractivity contribution in [2.24, 2.45) is 5.92 Å². The maximum Gasteiger partial charge on any atom is 0.291 e. The summed E-state index contributed by atoms with van der Waals surface area (Å²) in [5, 5.41) is 0.477. The third kappa shape index (κ3) is 4.46. The first kappa shape index (κ1) is 22.9. The summed E-state index contributed by atoms with van der Waals surface area (Å²) in [7, 11) is 0. The Kier molecular flexibility index (Phi) is 6.16. The van der Waals surface area contributed by atoms with Crippen LogP contribution in [0.25, 0.3) is 11.0 Å². The summed E-state index contributed by atoms with van der Waals surface area (Å²) in [5.74, 6) is 1.11. The second-order valence-corrected chi connectivity index (χ2v) is 9.59. The summed E-state index contributed by atoms with van der Waals surface area (Å²) >= 11 is 0. The van der Waals surface area contributed by atoms with Gasteiger partial charge in [0, 0.05) is 6.54 Å². The van der Waals surface area contributed by atoms with Crippen molar-refractivity contribution in [1.82, 2.24) is 4.90 Å². The summed E-state index contributed by atoms with van der Waals surface area (Å²) in [4.78, 5) is 29.0.